The van der Waals surface area contributed by atoms with Gasteiger partial charge >= 0.3 is 6.03 Å². The number of aliphatic hydroxyl groups excluding tert-OH is 1. The van der Waals surface area contributed by atoms with Crippen molar-refractivity contribution in [1.82, 2.24) is 14.7 Å². The van der Waals surface area contributed by atoms with Gasteiger partial charge < -0.3 is 10.0 Å². The number of aromatic nitrogens is 2. The number of aliphatic hydroxyl groups is 1. The molecule has 6 heteroatoms. The molecule has 0 radical (unpaired) electrons. The highest BCUT2D eigenvalue weighted by atomic mass is 16.3. The molecule has 0 aliphatic heterocycles. The first-order valence-electron chi connectivity index (χ1n) is 7.98. The Balaban J connectivity index is 2.80. The third kappa shape index (κ3) is 5.67. The van der Waals surface area contributed by atoms with E-state index in [4.69, 9.17) is 5.11 Å². The summed E-state index contributed by atoms with van der Waals surface area (Å²) in [7, 11) is 0. The highest BCUT2D eigenvalue weighted by molar-refractivity contribution is 5.88. The van der Waals surface area contributed by atoms with Crippen LogP contribution in [0.25, 0.3) is 0 Å². The van der Waals surface area contributed by atoms with Gasteiger partial charge in [0.1, 0.15) is 5.82 Å². The second kappa shape index (κ2) is 8.17. The van der Waals surface area contributed by atoms with Gasteiger partial charge in [-0.3, -0.25) is 5.32 Å². The van der Waals surface area contributed by atoms with Gasteiger partial charge in [-0.05, 0) is 25.2 Å². The maximum atomic E-state index is 12.5. The number of hydrogen-bond donors (Lipinski definition) is 2. The smallest absolute Gasteiger partial charge is 0.323 e. The van der Waals surface area contributed by atoms with Crippen LogP contribution in [-0.4, -0.2) is 45.5 Å². The van der Waals surface area contributed by atoms with Crippen molar-refractivity contribution in [2.75, 3.05) is 25.0 Å². The second-order valence-corrected chi connectivity index (χ2v) is 6.91. The van der Waals surface area contributed by atoms with E-state index >= 15 is 0 Å². The molecule has 1 aromatic heterocycles. The predicted molar refractivity (Wildman–Crippen MR) is 89.0 cm³/mol. The molecule has 1 unspecified atom stereocenters. The van der Waals surface area contributed by atoms with Crippen LogP contribution in [0.5, 0.6) is 0 Å². The molecule has 1 atom stereocenters. The average molecular weight is 310 g/mol. The summed E-state index contributed by atoms with van der Waals surface area (Å²) in [5.41, 5.74) is 0.00372. The molecule has 0 bridgehead atoms. The predicted octanol–water partition coefficient (Wildman–Crippen LogP) is 3.12. The standard InChI is InChI=1S/C16H30N4O2/c1-6-13(2)20-14(8-9-17-20)18-15(22)19(10-7-11-21)12-16(3,4)5/h8-9,13,21H,6-7,10-12H2,1-5H3,(H,18,22). The molecule has 1 heterocycles. The Labute approximate surface area is 133 Å². The molecular formula is C16H30N4O2. The minimum atomic E-state index is -0.145. The van der Waals surface area contributed by atoms with E-state index in [2.05, 4.69) is 45.0 Å². The molecule has 2 amide bonds. The van der Waals surface area contributed by atoms with E-state index in [1.54, 1.807) is 11.1 Å². The van der Waals surface area contributed by atoms with Gasteiger partial charge in [-0.15, -0.1) is 0 Å². The minimum Gasteiger partial charge on any atom is -0.396 e. The Morgan fingerprint density at radius 1 is 1.50 bits per heavy atom. The van der Waals surface area contributed by atoms with Gasteiger partial charge in [-0.1, -0.05) is 27.7 Å². The van der Waals surface area contributed by atoms with Gasteiger partial charge in [-0.2, -0.15) is 5.10 Å². The first kappa shape index (κ1) is 18.5. The number of rotatable bonds is 7. The highest BCUT2D eigenvalue weighted by Crippen LogP contribution is 2.19. The van der Waals surface area contributed by atoms with E-state index < -0.39 is 0 Å². The van der Waals surface area contributed by atoms with E-state index in [0.717, 1.165) is 6.42 Å². The van der Waals surface area contributed by atoms with Crippen LogP contribution in [0.15, 0.2) is 12.3 Å². The zero-order valence-electron chi connectivity index (χ0n) is 14.5. The molecule has 0 spiro atoms. The Morgan fingerprint density at radius 3 is 2.73 bits per heavy atom. The van der Waals surface area contributed by atoms with Gasteiger partial charge in [-0.25, -0.2) is 9.48 Å². The molecule has 6 nitrogen and oxygen atoms in total. The Hall–Kier alpha value is -1.56. The van der Waals surface area contributed by atoms with Crippen molar-refractivity contribution in [1.29, 1.82) is 0 Å². The summed E-state index contributed by atoms with van der Waals surface area (Å²) < 4.78 is 1.83. The van der Waals surface area contributed by atoms with Crippen LogP contribution in [-0.2, 0) is 0 Å². The second-order valence-electron chi connectivity index (χ2n) is 6.91. The molecule has 2 N–H and O–H groups in total. The molecule has 0 aliphatic rings. The van der Waals surface area contributed by atoms with Crippen LogP contribution in [0.4, 0.5) is 10.6 Å². The van der Waals surface area contributed by atoms with Crippen LogP contribution in [0.1, 0.15) is 53.5 Å². The molecule has 1 aromatic rings. The molecule has 0 saturated carbocycles. The van der Waals surface area contributed by atoms with E-state index in [1.165, 1.54) is 0 Å². The maximum Gasteiger partial charge on any atom is 0.323 e. The molecular weight excluding hydrogens is 280 g/mol. The number of anilines is 1. The molecule has 0 aromatic carbocycles. The fraction of sp³-hybridized carbons (Fsp3) is 0.750. The van der Waals surface area contributed by atoms with Gasteiger partial charge in [0.2, 0.25) is 0 Å². The summed E-state index contributed by atoms with van der Waals surface area (Å²) in [4.78, 5) is 14.3. The third-order valence-corrected chi connectivity index (χ3v) is 3.45. The van der Waals surface area contributed by atoms with Crippen molar-refractivity contribution < 1.29 is 9.90 Å². The summed E-state index contributed by atoms with van der Waals surface area (Å²) in [5.74, 6) is 0.710. The monoisotopic (exact) mass is 310 g/mol. The van der Waals surface area contributed by atoms with E-state index in [1.807, 2.05) is 10.7 Å². The lowest BCUT2D eigenvalue weighted by atomic mass is 9.96. The third-order valence-electron chi connectivity index (χ3n) is 3.45. The largest absolute Gasteiger partial charge is 0.396 e. The van der Waals surface area contributed by atoms with Gasteiger partial charge in [0.05, 0.1) is 12.2 Å². The highest BCUT2D eigenvalue weighted by Gasteiger charge is 2.22. The fourth-order valence-electron chi connectivity index (χ4n) is 2.21. The first-order chi connectivity index (χ1) is 10.3. The number of carbonyl (C=O) groups excluding carboxylic acids is 1. The molecule has 126 valence electrons. The molecule has 0 saturated heterocycles. The van der Waals surface area contributed by atoms with Crippen LogP contribution in [0.2, 0.25) is 0 Å². The Bertz CT molecular complexity index is 465. The van der Waals surface area contributed by atoms with Crippen LogP contribution < -0.4 is 5.32 Å². The molecule has 0 aliphatic carbocycles. The summed E-state index contributed by atoms with van der Waals surface area (Å²) >= 11 is 0. The number of carbonyl (C=O) groups is 1. The topological polar surface area (TPSA) is 70.4 Å². The normalized spacial score (nSPS) is 13.0. The van der Waals surface area contributed by atoms with Crippen molar-refractivity contribution in [3.8, 4) is 0 Å². The van der Waals surface area contributed by atoms with Gasteiger partial charge in [0, 0.05) is 25.8 Å². The van der Waals surface area contributed by atoms with E-state index in [-0.39, 0.29) is 24.1 Å². The lowest BCUT2D eigenvalue weighted by molar-refractivity contribution is 0.175. The maximum absolute atomic E-state index is 12.5. The molecule has 22 heavy (non-hydrogen) atoms. The van der Waals surface area contributed by atoms with Gasteiger partial charge in [0.25, 0.3) is 0 Å². The van der Waals surface area contributed by atoms with Crippen molar-refractivity contribution >= 4 is 11.8 Å². The van der Waals surface area contributed by atoms with E-state index in [0.29, 0.717) is 25.3 Å². The number of hydrogen-bond acceptors (Lipinski definition) is 3. The SMILES string of the molecule is CCC(C)n1nccc1NC(=O)N(CCCO)CC(C)(C)C. The number of urea groups is 1. The van der Waals surface area contributed by atoms with Crippen LogP contribution in [0, 0.1) is 5.41 Å². The zero-order valence-corrected chi connectivity index (χ0v) is 14.5. The minimum absolute atomic E-state index is 0.00372. The Kier molecular flexibility index (Phi) is 6.87. The average Bonchev–Trinajstić information content (AvgIpc) is 2.89. The quantitative estimate of drug-likeness (QED) is 0.813. The van der Waals surface area contributed by atoms with Crippen LogP contribution >= 0.6 is 0 Å². The molecule has 1 rings (SSSR count). The number of nitrogens with zero attached hydrogens (tertiary/aromatic N) is 3. The van der Waals surface area contributed by atoms with Gasteiger partial charge in [0.15, 0.2) is 0 Å². The van der Waals surface area contributed by atoms with Crippen molar-refractivity contribution in [2.45, 2.75) is 53.5 Å². The number of nitrogens with one attached hydrogen (secondary N) is 1. The first-order valence-corrected chi connectivity index (χ1v) is 7.98. The van der Waals surface area contributed by atoms with Crippen molar-refractivity contribution in [3.63, 3.8) is 0 Å². The summed E-state index contributed by atoms with van der Waals surface area (Å²) in [6, 6.07) is 1.90. The molecule has 0 fully saturated rings. The summed E-state index contributed by atoms with van der Waals surface area (Å²) in [6.07, 6.45) is 3.22. The summed E-state index contributed by atoms with van der Waals surface area (Å²) in [5, 5.41) is 16.3. The number of amides is 2. The van der Waals surface area contributed by atoms with Crippen molar-refractivity contribution in [2.24, 2.45) is 5.41 Å². The fourth-order valence-corrected chi connectivity index (χ4v) is 2.21. The van der Waals surface area contributed by atoms with Crippen molar-refractivity contribution in [3.05, 3.63) is 12.3 Å². The van der Waals surface area contributed by atoms with Crippen LogP contribution in [0.3, 0.4) is 0 Å². The van der Waals surface area contributed by atoms with E-state index in [9.17, 15) is 4.79 Å². The lowest BCUT2D eigenvalue weighted by Gasteiger charge is -2.30. The Morgan fingerprint density at radius 2 is 2.18 bits per heavy atom. The zero-order chi connectivity index (χ0) is 16.8. The summed E-state index contributed by atoms with van der Waals surface area (Å²) in [6.45, 7) is 11.7. The lowest BCUT2D eigenvalue weighted by Crippen LogP contribution is -2.41.